The van der Waals surface area contributed by atoms with E-state index in [1.165, 1.54) is 32.4 Å². The second kappa shape index (κ2) is 9.27. The normalized spacial score (nSPS) is 11.7. The molecule has 0 bridgehead atoms. The minimum absolute atomic E-state index is 0.0486. The fourth-order valence-corrected chi connectivity index (χ4v) is 3.99. The van der Waals surface area contributed by atoms with E-state index in [4.69, 9.17) is 9.26 Å². The van der Waals surface area contributed by atoms with Gasteiger partial charge in [-0.05, 0) is 32.0 Å². The molecule has 0 unspecified atom stereocenters. The molecule has 10 heteroatoms. The van der Waals surface area contributed by atoms with Crippen molar-refractivity contribution in [3.8, 4) is 17.1 Å². The van der Waals surface area contributed by atoms with Crippen LogP contribution in [0.15, 0.2) is 57.9 Å². The Morgan fingerprint density at radius 3 is 2.55 bits per heavy atom. The van der Waals surface area contributed by atoms with Crippen molar-refractivity contribution in [1.82, 2.24) is 19.8 Å². The largest absolute Gasteiger partial charge is 0.496 e. The molecule has 0 saturated carbocycles. The van der Waals surface area contributed by atoms with E-state index in [9.17, 15) is 13.2 Å². The van der Waals surface area contributed by atoms with Crippen molar-refractivity contribution in [2.45, 2.75) is 31.3 Å². The Balaban J connectivity index is 1.84. The number of hydrogen-bond acceptors (Lipinski definition) is 7. The van der Waals surface area contributed by atoms with E-state index >= 15 is 0 Å². The fourth-order valence-electron chi connectivity index (χ4n) is 2.84. The van der Waals surface area contributed by atoms with Crippen LogP contribution in [0.3, 0.4) is 0 Å². The van der Waals surface area contributed by atoms with Gasteiger partial charge in [0.05, 0.1) is 24.1 Å². The number of amides is 1. The summed E-state index contributed by atoms with van der Waals surface area (Å²) in [7, 11) is -1.11. The van der Waals surface area contributed by atoms with Crippen molar-refractivity contribution < 1.29 is 22.5 Å². The van der Waals surface area contributed by atoms with Crippen molar-refractivity contribution in [3.63, 3.8) is 0 Å². The number of benzene rings is 2. The van der Waals surface area contributed by atoms with Crippen LogP contribution < -0.4 is 10.1 Å². The molecule has 0 aliphatic carbocycles. The first-order valence-corrected chi connectivity index (χ1v) is 11.0. The Kier molecular flexibility index (Phi) is 6.71. The zero-order chi connectivity index (χ0) is 22.6. The maximum absolute atomic E-state index is 13.1. The number of aromatic nitrogens is 2. The van der Waals surface area contributed by atoms with Crippen molar-refractivity contribution in [2.75, 3.05) is 14.2 Å². The zero-order valence-electron chi connectivity index (χ0n) is 17.7. The summed E-state index contributed by atoms with van der Waals surface area (Å²) < 4.78 is 37.7. The van der Waals surface area contributed by atoms with Gasteiger partial charge in [-0.2, -0.15) is 9.29 Å². The van der Waals surface area contributed by atoms with Gasteiger partial charge in [-0.25, -0.2) is 8.42 Å². The highest BCUT2D eigenvalue weighted by Crippen LogP contribution is 2.25. The van der Waals surface area contributed by atoms with Gasteiger partial charge in [0, 0.05) is 18.7 Å². The number of ether oxygens (including phenoxy) is 1. The summed E-state index contributed by atoms with van der Waals surface area (Å²) in [5, 5.41) is 6.64. The molecular weight excluding hydrogens is 420 g/mol. The Labute approximate surface area is 181 Å². The molecule has 9 nitrogen and oxygen atoms in total. The summed E-state index contributed by atoms with van der Waals surface area (Å²) in [4.78, 5) is 16.7. The Morgan fingerprint density at radius 2 is 1.90 bits per heavy atom. The Hall–Kier alpha value is -3.24. The van der Waals surface area contributed by atoms with Gasteiger partial charge in [-0.15, -0.1) is 0 Å². The molecule has 2 aromatic carbocycles. The number of carbonyl (C=O) groups excluding carboxylic acids is 1. The molecule has 0 radical (unpaired) electrons. The maximum atomic E-state index is 13.1. The summed E-state index contributed by atoms with van der Waals surface area (Å²) in [6.45, 7) is 3.50. The van der Waals surface area contributed by atoms with Crippen molar-refractivity contribution >= 4 is 15.9 Å². The lowest BCUT2D eigenvalue weighted by Crippen LogP contribution is -2.31. The molecule has 1 aromatic heterocycles. The van der Waals surface area contributed by atoms with Gasteiger partial charge in [0.2, 0.25) is 21.7 Å². The number of hydrogen-bond donors (Lipinski definition) is 1. The molecular formula is C21H24N4O5S. The zero-order valence-corrected chi connectivity index (χ0v) is 18.5. The monoisotopic (exact) mass is 444 g/mol. The van der Waals surface area contributed by atoms with E-state index < -0.39 is 15.9 Å². The van der Waals surface area contributed by atoms with Crippen molar-refractivity contribution in [2.24, 2.45) is 0 Å². The molecule has 0 aliphatic heterocycles. The summed E-state index contributed by atoms with van der Waals surface area (Å²) in [5.41, 5.74) is 0.897. The molecule has 3 aromatic rings. The lowest BCUT2D eigenvalue weighted by molar-refractivity contribution is 0.0940. The Bertz CT molecular complexity index is 1160. The molecule has 1 heterocycles. The van der Waals surface area contributed by atoms with Gasteiger partial charge < -0.3 is 14.6 Å². The molecule has 0 aliphatic rings. The first-order chi connectivity index (χ1) is 14.7. The summed E-state index contributed by atoms with van der Waals surface area (Å²) in [6, 6.07) is 13.2. The molecule has 0 fully saturated rings. The minimum atomic E-state index is -3.93. The van der Waals surface area contributed by atoms with E-state index in [0.29, 0.717) is 5.82 Å². The van der Waals surface area contributed by atoms with Crippen LogP contribution in [0.1, 0.15) is 30.1 Å². The van der Waals surface area contributed by atoms with Crippen LogP contribution in [0.4, 0.5) is 0 Å². The first-order valence-electron chi connectivity index (χ1n) is 9.55. The van der Waals surface area contributed by atoms with Crippen molar-refractivity contribution in [3.05, 3.63) is 60.0 Å². The number of carbonyl (C=O) groups is 1. The van der Waals surface area contributed by atoms with Gasteiger partial charge in [-0.3, -0.25) is 4.79 Å². The molecule has 3 rings (SSSR count). The number of nitrogens with zero attached hydrogens (tertiary/aromatic N) is 3. The number of rotatable bonds is 8. The van der Waals surface area contributed by atoms with Crippen LogP contribution in [0.25, 0.3) is 11.4 Å². The third-order valence-corrected chi connectivity index (χ3v) is 6.20. The molecule has 0 saturated heterocycles. The smallest absolute Gasteiger partial charge is 0.255 e. The summed E-state index contributed by atoms with van der Waals surface area (Å²) in [6.07, 6.45) is 0. The third kappa shape index (κ3) is 5.09. The first kappa shape index (κ1) is 22.4. The number of sulfonamides is 1. The van der Waals surface area contributed by atoms with E-state index in [-0.39, 0.29) is 34.7 Å². The standard InChI is InChI=1S/C21H24N4O5S/c1-14(2)22-21(26)17-12-16(10-11-18(17)29-4)31(27,28)25(3)13-19-23-20(24-30-19)15-8-6-5-7-9-15/h5-12,14H,13H2,1-4H3,(H,22,26). The molecule has 31 heavy (non-hydrogen) atoms. The second-order valence-electron chi connectivity index (χ2n) is 7.13. The highest BCUT2D eigenvalue weighted by Gasteiger charge is 2.26. The van der Waals surface area contributed by atoms with Crippen LogP contribution in [-0.2, 0) is 16.6 Å². The predicted octanol–water partition coefficient (Wildman–Crippen LogP) is 2.70. The van der Waals surface area contributed by atoms with E-state index in [0.717, 1.165) is 9.87 Å². The topological polar surface area (TPSA) is 115 Å². The van der Waals surface area contributed by atoms with Crippen LogP contribution >= 0.6 is 0 Å². The minimum Gasteiger partial charge on any atom is -0.496 e. The van der Waals surface area contributed by atoms with Gasteiger partial charge in [0.25, 0.3) is 5.91 Å². The summed E-state index contributed by atoms with van der Waals surface area (Å²) >= 11 is 0. The quantitative estimate of drug-likeness (QED) is 0.568. The summed E-state index contributed by atoms with van der Waals surface area (Å²) in [5.74, 6) is 0.384. The highest BCUT2D eigenvalue weighted by atomic mass is 32.2. The second-order valence-corrected chi connectivity index (χ2v) is 9.17. The average molecular weight is 445 g/mol. The van der Waals surface area contributed by atoms with Crippen molar-refractivity contribution in [1.29, 1.82) is 0 Å². The fraction of sp³-hybridized carbons (Fsp3) is 0.286. The Morgan fingerprint density at radius 1 is 1.19 bits per heavy atom. The molecule has 164 valence electrons. The van der Waals surface area contributed by atoms with E-state index in [1.807, 2.05) is 44.2 Å². The van der Waals surface area contributed by atoms with E-state index in [1.54, 1.807) is 0 Å². The number of nitrogens with one attached hydrogen (secondary N) is 1. The maximum Gasteiger partial charge on any atom is 0.255 e. The molecule has 1 N–H and O–H groups in total. The number of methoxy groups -OCH3 is 1. The van der Waals surface area contributed by atoms with Gasteiger partial charge >= 0.3 is 0 Å². The lowest BCUT2D eigenvalue weighted by Gasteiger charge is -2.17. The van der Waals surface area contributed by atoms with Crippen LogP contribution in [0, 0.1) is 0 Å². The predicted molar refractivity (Wildman–Crippen MR) is 114 cm³/mol. The van der Waals surface area contributed by atoms with Crippen LogP contribution in [0.5, 0.6) is 5.75 Å². The van der Waals surface area contributed by atoms with Gasteiger partial charge in [0.15, 0.2) is 0 Å². The SMILES string of the molecule is COc1ccc(S(=O)(=O)N(C)Cc2nc(-c3ccccc3)no2)cc1C(=O)NC(C)C. The molecule has 1 amide bonds. The third-order valence-electron chi connectivity index (χ3n) is 4.40. The van der Waals surface area contributed by atoms with Gasteiger partial charge in [0.1, 0.15) is 5.75 Å². The lowest BCUT2D eigenvalue weighted by atomic mass is 10.2. The molecule has 0 atom stereocenters. The average Bonchev–Trinajstić information content (AvgIpc) is 3.21. The molecule has 0 spiro atoms. The van der Waals surface area contributed by atoms with Gasteiger partial charge in [-0.1, -0.05) is 35.5 Å². The van der Waals surface area contributed by atoms with E-state index in [2.05, 4.69) is 15.5 Å². The van der Waals surface area contributed by atoms with Crippen LogP contribution in [0.2, 0.25) is 0 Å². The highest BCUT2D eigenvalue weighted by molar-refractivity contribution is 7.89. The van der Waals surface area contributed by atoms with Crippen LogP contribution in [-0.4, -0.2) is 49.0 Å².